The summed E-state index contributed by atoms with van der Waals surface area (Å²) in [7, 11) is 3.11. The van der Waals surface area contributed by atoms with Crippen molar-refractivity contribution in [3.05, 3.63) is 29.1 Å². The molecule has 20 heavy (non-hydrogen) atoms. The van der Waals surface area contributed by atoms with Crippen LogP contribution in [0, 0.1) is 5.82 Å². The molecular weight excluding hydrogens is 257 g/mol. The SMILES string of the molecule is COCc1c(OC)ccc(C2(CN)CCCCC2)c1F. The van der Waals surface area contributed by atoms with Crippen LogP contribution in [0.15, 0.2) is 12.1 Å². The largest absolute Gasteiger partial charge is 0.496 e. The molecule has 1 fully saturated rings. The van der Waals surface area contributed by atoms with Crippen LogP contribution in [-0.4, -0.2) is 20.8 Å². The Morgan fingerprint density at radius 3 is 2.45 bits per heavy atom. The molecule has 2 N–H and O–H groups in total. The van der Waals surface area contributed by atoms with E-state index in [0.717, 1.165) is 31.2 Å². The number of methoxy groups -OCH3 is 2. The summed E-state index contributed by atoms with van der Waals surface area (Å²) >= 11 is 0. The van der Waals surface area contributed by atoms with Gasteiger partial charge < -0.3 is 15.2 Å². The fourth-order valence-electron chi connectivity index (χ4n) is 3.30. The number of benzene rings is 1. The van der Waals surface area contributed by atoms with E-state index in [4.69, 9.17) is 15.2 Å². The Balaban J connectivity index is 2.47. The number of halogens is 1. The zero-order valence-corrected chi connectivity index (χ0v) is 12.4. The van der Waals surface area contributed by atoms with Crippen LogP contribution in [0.3, 0.4) is 0 Å². The highest BCUT2D eigenvalue weighted by molar-refractivity contribution is 5.42. The Morgan fingerprint density at radius 1 is 1.20 bits per heavy atom. The van der Waals surface area contributed by atoms with E-state index < -0.39 is 0 Å². The molecule has 0 radical (unpaired) electrons. The maximum Gasteiger partial charge on any atom is 0.136 e. The van der Waals surface area contributed by atoms with Gasteiger partial charge in [-0.1, -0.05) is 25.3 Å². The van der Waals surface area contributed by atoms with Crippen LogP contribution in [-0.2, 0) is 16.8 Å². The molecule has 0 bridgehead atoms. The zero-order valence-electron chi connectivity index (χ0n) is 12.4. The number of hydrogen-bond acceptors (Lipinski definition) is 3. The van der Waals surface area contributed by atoms with Crippen molar-refractivity contribution in [1.82, 2.24) is 0 Å². The van der Waals surface area contributed by atoms with E-state index in [1.807, 2.05) is 12.1 Å². The van der Waals surface area contributed by atoms with Crippen LogP contribution in [0.25, 0.3) is 0 Å². The van der Waals surface area contributed by atoms with Gasteiger partial charge >= 0.3 is 0 Å². The third kappa shape index (κ3) is 2.67. The highest BCUT2D eigenvalue weighted by Gasteiger charge is 2.36. The van der Waals surface area contributed by atoms with Crippen molar-refractivity contribution in [1.29, 1.82) is 0 Å². The molecule has 0 saturated heterocycles. The monoisotopic (exact) mass is 281 g/mol. The van der Waals surface area contributed by atoms with Crippen molar-refractivity contribution >= 4 is 0 Å². The van der Waals surface area contributed by atoms with Crippen molar-refractivity contribution in [3.8, 4) is 5.75 Å². The molecule has 0 amide bonds. The second-order valence-electron chi connectivity index (χ2n) is 5.59. The first-order valence-electron chi connectivity index (χ1n) is 7.23. The highest BCUT2D eigenvalue weighted by atomic mass is 19.1. The molecule has 1 aliphatic carbocycles. The van der Waals surface area contributed by atoms with Crippen molar-refractivity contribution < 1.29 is 13.9 Å². The molecule has 0 aliphatic heterocycles. The van der Waals surface area contributed by atoms with E-state index in [9.17, 15) is 4.39 Å². The van der Waals surface area contributed by atoms with Crippen LogP contribution in [0.2, 0.25) is 0 Å². The van der Waals surface area contributed by atoms with E-state index in [1.54, 1.807) is 14.2 Å². The summed E-state index contributed by atoms with van der Waals surface area (Å²) in [6.45, 7) is 0.701. The van der Waals surface area contributed by atoms with Gasteiger partial charge in [0.1, 0.15) is 11.6 Å². The lowest BCUT2D eigenvalue weighted by Crippen LogP contribution is -2.38. The van der Waals surface area contributed by atoms with Gasteiger partial charge in [-0.25, -0.2) is 4.39 Å². The van der Waals surface area contributed by atoms with Gasteiger partial charge in [-0.05, 0) is 24.5 Å². The Kier molecular flexibility index (Phi) is 5.00. The van der Waals surface area contributed by atoms with Crippen LogP contribution in [0.5, 0.6) is 5.75 Å². The molecule has 0 heterocycles. The molecule has 1 aliphatic rings. The summed E-state index contributed by atoms with van der Waals surface area (Å²) in [5.41, 5.74) is 7.00. The van der Waals surface area contributed by atoms with E-state index in [2.05, 4.69) is 0 Å². The predicted molar refractivity (Wildman–Crippen MR) is 77.5 cm³/mol. The van der Waals surface area contributed by atoms with Crippen LogP contribution >= 0.6 is 0 Å². The maximum atomic E-state index is 14.9. The molecule has 4 heteroatoms. The molecule has 2 rings (SSSR count). The lowest BCUT2D eigenvalue weighted by atomic mass is 9.69. The van der Waals surface area contributed by atoms with Gasteiger partial charge in [0.25, 0.3) is 0 Å². The number of rotatable bonds is 5. The maximum absolute atomic E-state index is 14.9. The summed E-state index contributed by atoms with van der Waals surface area (Å²) in [5.74, 6) is 0.328. The molecule has 1 saturated carbocycles. The number of ether oxygens (including phenoxy) is 2. The van der Waals surface area contributed by atoms with Gasteiger partial charge in [0.2, 0.25) is 0 Å². The van der Waals surface area contributed by atoms with Crippen molar-refractivity contribution in [3.63, 3.8) is 0 Å². The zero-order chi connectivity index (χ0) is 14.6. The average molecular weight is 281 g/mol. The normalized spacial score (nSPS) is 18.0. The minimum Gasteiger partial charge on any atom is -0.496 e. The van der Waals surface area contributed by atoms with E-state index in [0.29, 0.717) is 17.9 Å². The third-order valence-corrected chi connectivity index (χ3v) is 4.48. The number of nitrogens with two attached hydrogens (primary N) is 1. The Morgan fingerprint density at radius 2 is 1.90 bits per heavy atom. The third-order valence-electron chi connectivity index (χ3n) is 4.48. The molecule has 0 unspecified atom stereocenters. The Bertz CT molecular complexity index is 456. The Labute approximate surface area is 120 Å². The van der Waals surface area contributed by atoms with Crippen LogP contribution < -0.4 is 10.5 Å². The van der Waals surface area contributed by atoms with Crippen molar-refractivity contribution in [2.75, 3.05) is 20.8 Å². The molecule has 0 spiro atoms. The topological polar surface area (TPSA) is 44.5 Å². The molecule has 0 aromatic heterocycles. The first-order chi connectivity index (χ1) is 9.68. The minimum atomic E-state index is -0.225. The van der Waals surface area contributed by atoms with E-state index in [1.165, 1.54) is 6.42 Å². The van der Waals surface area contributed by atoms with Crippen molar-refractivity contribution in [2.45, 2.75) is 44.1 Å². The van der Waals surface area contributed by atoms with Gasteiger partial charge in [0.05, 0.1) is 19.3 Å². The second kappa shape index (κ2) is 6.55. The van der Waals surface area contributed by atoms with E-state index >= 15 is 0 Å². The molecule has 1 aromatic carbocycles. The molecule has 112 valence electrons. The van der Waals surface area contributed by atoms with Crippen LogP contribution in [0.4, 0.5) is 4.39 Å². The summed E-state index contributed by atoms with van der Waals surface area (Å²) < 4.78 is 25.3. The molecule has 3 nitrogen and oxygen atoms in total. The minimum absolute atomic E-state index is 0.210. The van der Waals surface area contributed by atoms with Gasteiger partial charge in [-0.15, -0.1) is 0 Å². The average Bonchev–Trinajstić information content (AvgIpc) is 2.50. The quantitative estimate of drug-likeness (QED) is 0.901. The standard InChI is InChI=1S/C16H24FNO2/c1-19-10-12-14(20-2)7-6-13(15(12)17)16(11-18)8-4-3-5-9-16/h6-7H,3-5,8-11,18H2,1-2H3. The lowest BCUT2D eigenvalue weighted by Gasteiger charge is -2.37. The first-order valence-corrected chi connectivity index (χ1v) is 7.23. The molecule has 0 atom stereocenters. The molecular formula is C16H24FNO2. The predicted octanol–water partition coefficient (Wildman–Crippen LogP) is 3.14. The van der Waals surface area contributed by atoms with E-state index in [-0.39, 0.29) is 17.8 Å². The molecule has 1 aromatic rings. The van der Waals surface area contributed by atoms with Crippen molar-refractivity contribution in [2.24, 2.45) is 5.73 Å². The fourth-order valence-corrected chi connectivity index (χ4v) is 3.30. The summed E-state index contributed by atoms with van der Waals surface area (Å²) in [4.78, 5) is 0. The summed E-state index contributed by atoms with van der Waals surface area (Å²) in [6, 6.07) is 3.67. The van der Waals surface area contributed by atoms with Gasteiger partial charge in [0.15, 0.2) is 0 Å². The smallest absolute Gasteiger partial charge is 0.136 e. The fraction of sp³-hybridized carbons (Fsp3) is 0.625. The highest BCUT2D eigenvalue weighted by Crippen LogP contribution is 2.41. The van der Waals surface area contributed by atoms with Gasteiger partial charge in [0, 0.05) is 19.1 Å². The second-order valence-corrected chi connectivity index (χ2v) is 5.59. The summed E-state index contributed by atoms with van der Waals surface area (Å²) in [6.07, 6.45) is 5.35. The summed E-state index contributed by atoms with van der Waals surface area (Å²) in [5, 5.41) is 0. The first kappa shape index (κ1) is 15.3. The van der Waals surface area contributed by atoms with Crippen LogP contribution in [0.1, 0.15) is 43.2 Å². The lowest BCUT2D eigenvalue weighted by molar-refractivity contribution is 0.176. The number of hydrogen-bond donors (Lipinski definition) is 1. The Hall–Kier alpha value is -1.13. The van der Waals surface area contributed by atoms with Gasteiger partial charge in [-0.3, -0.25) is 0 Å². The van der Waals surface area contributed by atoms with Gasteiger partial charge in [-0.2, -0.15) is 0 Å².